The average Bonchev–Trinajstić information content (AvgIpc) is 2.62. The molecule has 0 aliphatic carbocycles. The predicted molar refractivity (Wildman–Crippen MR) is 67.3 cm³/mol. The lowest BCUT2D eigenvalue weighted by Gasteiger charge is -1.96. The van der Waals surface area contributed by atoms with Crippen LogP contribution in [-0.4, -0.2) is 9.55 Å². The van der Waals surface area contributed by atoms with Gasteiger partial charge in [0.25, 0.3) is 0 Å². The van der Waals surface area contributed by atoms with Crippen LogP contribution in [0.5, 0.6) is 0 Å². The van der Waals surface area contributed by atoms with Gasteiger partial charge in [-0.25, -0.2) is 4.98 Å². The van der Waals surface area contributed by atoms with Crippen molar-refractivity contribution in [3.63, 3.8) is 0 Å². The number of rotatable bonds is 5. The third-order valence-electron chi connectivity index (χ3n) is 2.17. The van der Waals surface area contributed by atoms with E-state index >= 15 is 0 Å². The van der Waals surface area contributed by atoms with Gasteiger partial charge in [-0.1, -0.05) is 32.6 Å². The third-order valence-corrected chi connectivity index (χ3v) is 2.17. The Morgan fingerprint density at radius 2 is 2.33 bits per heavy atom. The van der Waals surface area contributed by atoms with E-state index in [0.29, 0.717) is 0 Å². The Bertz CT molecular complexity index is 383. The van der Waals surface area contributed by atoms with Gasteiger partial charge in [-0.15, -0.1) is 0 Å². The molecule has 1 aromatic rings. The summed E-state index contributed by atoms with van der Waals surface area (Å²) in [5.41, 5.74) is 2.05. The molecule has 0 unspecified atom stereocenters. The maximum atomic E-state index is 4.46. The van der Waals surface area contributed by atoms with Crippen LogP contribution in [0.25, 0.3) is 17.8 Å². The second kappa shape index (κ2) is 5.35. The maximum absolute atomic E-state index is 4.46. The van der Waals surface area contributed by atoms with Crippen LogP contribution in [0.4, 0.5) is 0 Å². The highest BCUT2D eigenvalue weighted by Gasteiger charge is 2.05. The molecular formula is C13H18N2. The Kier molecular flexibility index (Phi) is 4.10. The zero-order valence-corrected chi connectivity index (χ0v) is 9.53. The van der Waals surface area contributed by atoms with Gasteiger partial charge in [0.2, 0.25) is 0 Å². The minimum atomic E-state index is 0.861. The minimum absolute atomic E-state index is 0.861. The number of aromatic nitrogens is 2. The molecule has 15 heavy (non-hydrogen) atoms. The number of allylic oxidation sites excluding steroid dienone is 2. The van der Waals surface area contributed by atoms with E-state index in [2.05, 4.69) is 25.1 Å². The summed E-state index contributed by atoms with van der Waals surface area (Å²) >= 11 is 0. The van der Waals surface area contributed by atoms with Gasteiger partial charge in [0.1, 0.15) is 5.82 Å². The fourth-order valence-corrected chi connectivity index (χ4v) is 1.44. The minimum Gasteiger partial charge on any atom is -0.307 e. The molecule has 1 heterocycles. The first-order chi connectivity index (χ1) is 7.22. The van der Waals surface area contributed by atoms with Gasteiger partial charge in [0.15, 0.2) is 0 Å². The van der Waals surface area contributed by atoms with E-state index in [1.807, 2.05) is 30.0 Å². The molecule has 0 aliphatic heterocycles. The molecule has 0 bridgehead atoms. The van der Waals surface area contributed by atoms with E-state index in [9.17, 15) is 0 Å². The van der Waals surface area contributed by atoms with Crippen molar-refractivity contribution >= 4 is 17.8 Å². The second-order valence-corrected chi connectivity index (χ2v) is 3.43. The summed E-state index contributed by atoms with van der Waals surface area (Å²) < 4.78 is 1.96. The standard InChI is InChI=1S/C13H18N2/c1-5-8-11(4)12-10-15(9-6-2)13(7-3)14-12/h6-7,9-10H,3-5,8H2,1-2H3/b9-6-. The van der Waals surface area contributed by atoms with Crippen molar-refractivity contribution in [2.45, 2.75) is 26.7 Å². The maximum Gasteiger partial charge on any atom is 0.136 e. The molecule has 0 saturated carbocycles. The predicted octanol–water partition coefficient (Wildman–Crippen LogP) is 3.83. The Labute approximate surface area is 91.7 Å². The molecule has 1 rings (SSSR count). The lowest BCUT2D eigenvalue weighted by Crippen LogP contribution is -1.86. The Morgan fingerprint density at radius 1 is 1.60 bits per heavy atom. The van der Waals surface area contributed by atoms with E-state index in [0.717, 1.165) is 29.9 Å². The average molecular weight is 202 g/mol. The van der Waals surface area contributed by atoms with Crippen LogP contribution in [-0.2, 0) is 0 Å². The van der Waals surface area contributed by atoms with Crippen LogP contribution in [0.2, 0.25) is 0 Å². The molecule has 0 spiro atoms. The number of hydrogen-bond donors (Lipinski definition) is 0. The highest BCUT2D eigenvalue weighted by molar-refractivity contribution is 5.62. The van der Waals surface area contributed by atoms with Crippen molar-refractivity contribution in [3.8, 4) is 0 Å². The van der Waals surface area contributed by atoms with E-state index < -0.39 is 0 Å². The van der Waals surface area contributed by atoms with Crippen molar-refractivity contribution < 1.29 is 0 Å². The van der Waals surface area contributed by atoms with Crippen LogP contribution in [0, 0.1) is 0 Å². The van der Waals surface area contributed by atoms with Crippen molar-refractivity contribution in [2.75, 3.05) is 0 Å². The zero-order chi connectivity index (χ0) is 11.3. The van der Waals surface area contributed by atoms with Gasteiger partial charge in [-0.3, -0.25) is 0 Å². The molecule has 0 N–H and O–H groups in total. The first-order valence-corrected chi connectivity index (χ1v) is 5.25. The van der Waals surface area contributed by atoms with E-state index in [1.165, 1.54) is 0 Å². The zero-order valence-electron chi connectivity index (χ0n) is 9.53. The van der Waals surface area contributed by atoms with Crippen LogP contribution in [0.3, 0.4) is 0 Å². The SMILES string of the molecule is C=Cc1nc(C(=C)CCC)cn1/C=C\C. The number of imidazole rings is 1. The lowest BCUT2D eigenvalue weighted by atomic mass is 10.1. The van der Waals surface area contributed by atoms with E-state index in [-0.39, 0.29) is 0 Å². The van der Waals surface area contributed by atoms with Gasteiger partial charge >= 0.3 is 0 Å². The van der Waals surface area contributed by atoms with E-state index in [1.54, 1.807) is 6.08 Å². The molecule has 2 nitrogen and oxygen atoms in total. The normalized spacial score (nSPS) is 10.8. The molecular weight excluding hydrogens is 184 g/mol. The number of nitrogens with zero attached hydrogens (tertiary/aromatic N) is 2. The van der Waals surface area contributed by atoms with Gasteiger partial charge < -0.3 is 4.57 Å². The lowest BCUT2D eigenvalue weighted by molar-refractivity contribution is 0.969. The molecule has 0 aliphatic rings. The first-order valence-electron chi connectivity index (χ1n) is 5.25. The molecule has 0 fully saturated rings. The topological polar surface area (TPSA) is 17.8 Å². The number of hydrogen-bond acceptors (Lipinski definition) is 1. The van der Waals surface area contributed by atoms with Gasteiger partial charge in [0.05, 0.1) is 5.69 Å². The van der Waals surface area contributed by atoms with Crippen molar-refractivity contribution in [1.29, 1.82) is 0 Å². The molecule has 80 valence electrons. The third kappa shape index (κ3) is 2.69. The summed E-state index contributed by atoms with van der Waals surface area (Å²) in [7, 11) is 0. The molecule has 2 heteroatoms. The summed E-state index contributed by atoms with van der Waals surface area (Å²) in [5, 5.41) is 0. The molecule has 0 saturated heterocycles. The monoisotopic (exact) mass is 202 g/mol. The van der Waals surface area contributed by atoms with Gasteiger partial charge in [0, 0.05) is 12.4 Å². The van der Waals surface area contributed by atoms with Crippen LogP contribution in [0.1, 0.15) is 38.2 Å². The second-order valence-electron chi connectivity index (χ2n) is 3.43. The molecule has 0 amide bonds. The first kappa shape index (κ1) is 11.5. The smallest absolute Gasteiger partial charge is 0.136 e. The van der Waals surface area contributed by atoms with Gasteiger partial charge in [-0.05, 0) is 25.0 Å². The molecule has 0 atom stereocenters. The summed E-state index contributed by atoms with van der Waals surface area (Å²) in [6, 6.07) is 0. The van der Waals surface area contributed by atoms with Crippen LogP contribution >= 0.6 is 0 Å². The summed E-state index contributed by atoms with van der Waals surface area (Å²) in [4.78, 5) is 4.46. The Balaban J connectivity index is 3.01. The quantitative estimate of drug-likeness (QED) is 0.709. The van der Waals surface area contributed by atoms with E-state index in [4.69, 9.17) is 0 Å². The van der Waals surface area contributed by atoms with Gasteiger partial charge in [-0.2, -0.15) is 0 Å². The fourth-order valence-electron chi connectivity index (χ4n) is 1.44. The fraction of sp³-hybridized carbons (Fsp3) is 0.308. The van der Waals surface area contributed by atoms with Crippen molar-refractivity contribution in [1.82, 2.24) is 9.55 Å². The summed E-state index contributed by atoms with van der Waals surface area (Å²) in [6.07, 6.45) is 9.77. The Morgan fingerprint density at radius 3 is 2.87 bits per heavy atom. The highest BCUT2D eigenvalue weighted by atomic mass is 15.1. The van der Waals surface area contributed by atoms with Crippen molar-refractivity contribution in [3.05, 3.63) is 36.9 Å². The molecule has 0 radical (unpaired) electrons. The van der Waals surface area contributed by atoms with Crippen molar-refractivity contribution in [2.24, 2.45) is 0 Å². The summed E-state index contributed by atoms with van der Waals surface area (Å²) in [5.74, 6) is 0.861. The molecule has 0 aromatic carbocycles. The largest absolute Gasteiger partial charge is 0.307 e. The van der Waals surface area contributed by atoms with Crippen LogP contribution < -0.4 is 0 Å². The Hall–Kier alpha value is -1.57. The highest BCUT2D eigenvalue weighted by Crippen LogP contribution is 2.17. The summed E-state index contributed by atoms with van der Waals surface area (Å²) in [6.45, 7) is 11.9. The molecule has 1 aromatic heterocycles. The van der Waals surface area contributed by atoms with Crippen LogP contribution in [0.15, 0.2) is 25.4 Å².